The fourth-order valence-electron chi connectivity index (χ4n) is 1.40. The Balaban J connectivity index is 0.00000196. The molecule has 0 amide bonds. The van der Waals surface area contributed by atoms with Gasteiger partial charge in [0.05, 0.1) is 5.82 Å². The zero-order chi connectivity index (χ0) is 10.9. The maximum Gasteiger partial charge on any atom is 1.00 e. The van der Waals surface area contributed by atoms with Crippen LogP contribution in [0.25, 0.3) is 0 Å². The summed E-state index contributed by atoms with van der Waals surface area (Å²) in [7, 11) is 0. The van der Waals surface area contributed by atoms with Crippen molar-refractivity contribution in [3.05, 3.63) is 29.6 Å². The van der Waals surface area contributed by atoms with Crippen LogP contribution in [0.5, 0.6) is 0 Å². The first-order chi connectivity index (χ1) is 6.34. The van der Waals surface area contributed by atoms with Crippen molar-refractivity contribution in [2.24, 2.45) is 0 Å². The third kappa shape index (κ3) is 3.85. The van der Waals surface area contributed by atoms with Gasteiger partial charge in [0.15, 0.2) is 0 Å². The molecule has 0 N–H and O–H groups in total. The molecule has 0 fully saturated rings. The largest absolute Gasteiger partial charge is 1.00 e. The van der Waals surface area contributed by atoms with E-state index in [9.17, 15) is 17.3 Å². The van der Waals surface area contributed by atoms with Crippen molar-refractivity contribution in [2.45, 2.75) is 19.8 Å². The van der Waals surface area contributed by atoms with Gasteiger partial charge < -0.3 is 12.9 Å². The molecule has 0 saturated heterocycles. The zero-order valence-electron chi connectivity index (χ0n) is 8.90. The van der Waals surface area contributed by atoms with Gasteiger partial charge in [-0.05, 0) is 12.0 Å². The monoisotopic (exact) mass is 244 g/mol. The number of benzene rings is 1. The van der Waals surface area contributed by atoms with Gasteiger partial charge in [0.25, 0.3) is 0 Å². The van der Waals surface area contributed by atoms with E-state index >= 15 is 0 Å². The molecule has 78 valence electrons. The van der Waals surface area contributed by atoms with Gasteiger partial charge in [-0.25, -0.2) is 4.39 Å². The molecule has 15 heavy (non-hydrogen) atoms. The molecule has 0 unspecified atom stereocenters. The molecule has 0 bridgehead atoms. The number of halogens is 4. The molecule has 0 spiro atoms. The van der Waals surface area contributed by atoms with Crippen LogP contribution in [0.15, 0.2) is 18.2 Å². The van der Waals surface area contributed by atoms with Crippen LogP contribution in [0.1, 0.15) is 25.3 Å². The van der Waals surface area contributed by atoms with E-state index in [1.165, 1.54) is 12.1 Å². The normalized spacial score (nSPS) is 11.4. The SMILES string of the molecule is CC(C)c1cccc(F)c1[B-](F)(F)F.[K+]. The molecule has 0 saturated carbocycles. The standard InChI is InChI=1S/C9H10BF4.K/c1-6(2)7-4-3-5-8(11)9(7)10(12,13)14;/h3-6H,1-2H3;/q-1;+1. The average molecular weight is 244 g/mol. The Bertz CT molecular complexity index is 335. The predicted molar refractivity (Wildman–Crippen MR) is 49.2 cm³/mol. The summed E-state index contributed by atoms with van der Waals surface area (Å²) in [5.74, 6) is -1.51. The van der Waals surface area contributed by atoms with E-state index in [0.717, 1.165) is 6.07 Å². The average Bonchev–Trinajstić information content (AvgIpc) is 2.01. The second-order valence-corrected chi connectivity index (χ2v) is 3.47. The second kappa shape index (κ2) is 5.82. The summed E-state index contributed by atoms with van der Waals surface area (Å²) in [5.41, 5.74) is -1.06. The van der Waals surface area contributed by atoms with Crippen LogP contribution < -0.4 is 56.8 Å². The first kappa shape index (κ1) is 15.6. The van der Waals surface area contributed by atoms with Gasteiger partial charge in [-0.1, -0.05) is 37.0 Å². The summed E-state index contributed by atoms with van der Waals surface area (Å²) in [6.07, 6.45) is 0. The van der Waals surface area contributed by atoms with Crippen LogP contribution in [-0.4, -0.2) is 6.98 Å². The van der Waals surface area contributed by atoms with E-state index in [4.69, 9.17) is 0 Å². The zero-order valence-corrected chi connectivity index (χ0v) is 12.0. The first-order valence-corrected chi connectivity index (χ1v) is 4.32. The molecule has 0 nitrogen and oxygen atoms in total. The summed E-state index contributed by atoms with van der Waals surface area (Å²) in [6.45, 7) is -2.05. The summed E-state index contributed by atoms with van der Waals surface area (Å²) >= 11 is 0. The van der Waals surface area contributed by atoms with E-state index in [0.29, 0.717) is 0 Å². The molecule has 0 aliphatic heterocycles. The van der Waals surface area contributed by atoms with Gasteiger partial charge in [-0.15, -0.1) is 0 Å². The minimum absolute atomic E-state index is 0. The topological polar surface area (TPSA) is 0 Å². The first-order valence-electron chi connectivity index (χ1n) is 4.32. The minimum Gasteiger partial charge on any atom is -0.445 e. The summed E-state index contributed by atoms with van der Waals surface area (Å²) in [6, 6.07) is 3.46. The van der Waals surface area contributed by atoms with Crippen molar-refractivity contribution in [1.82, 2.24) is 0 Å². The minimum atomic E-state index is -5.27. The van der Waals surface area contributed by atoms with Gasteiger partial charge in [0.1, 0.15) is 0 Å². The third-order valence-corrected chi connectivity index (χ3v) is 2.04. The van der Waals surface area contributed by atoms with E-state index in [1.807, 2.05) is 0 Å². The molecule has 1 aromatic rings. The van der Waals surface area contributed by atoms with Crippen LogP contribution in [0, 0.1) is 5.82 Å². The summed E-state index contributed by atoms with van der Waals surface area (Å²) < 4.78 is 50.5. The molecule has 0 radical (unpaired) electrons. The predicted octanol–water partition coefficient (Wildman–Crippen LogP) is 0.00750. The molecule has 0 atom stereocenters. The van der Waals surface area contributed by atoms with Crippen molar-refractivity contribution in [2.75, 3.05) is 0 Å². The summed E-state index contributed by atoms with van der Waals surface area (Å²) in [4.78, 5) is 0. The van der Waals surface area contributed by atoms with Crippen molar-refractivity contribution < 1.29 is 68.7 Å². The smallest absolute Gasteiger partial charge is 0.445 e. The van der Waals surface area contributed by atoms with Crippen molar-refractivity contribution in [3.8, 4) is 0 Å². The Hall–Kier alpha value is 0.641. The van der Waals surface area contributed by atoms with Gasteiger partial charge in [-0.2, -0.15) is 0 Å². The number of hydrogen-bond acceptors (Lipinski definition) is 0. The van der Waals surface area contributed by atoms with Crippen molar-refractivity contribution in [3.63, 3.8) is 0 Å². The second-order valence-electron chi connectivity index (χ2n) is 3.47. The van der Waals surface area contributed by atoms with Gasteiger partial charge in [-0.3, -0.25) is 0 Å². The third-order valence-electron chi connectivity index (χ3n) is 2.04. The molecule has 1 aromatic carbocycles. The molecular weight excluding hydrogens is 234 g/mol. The van der Waals surface area contributed by atoms with E-state index in [1.54, 1.807) is 13.8 Å². The van der Waals surface area contributed by atoms with E-state index in [-0.39, 0.29) is 62.9 Å². The Morgan fingerprint density at radius 3 is 2.00 bits per heavy atom. The maximum atomic E-state index is 13.0. The summed E-state index contributed by atoms with van der Waals surface area (Å²) in [5, 5.41) is 0. The van der Waals surface area contributed by atoms with E-state index < -0.39 is 18.3 Å². The molecule has 1 rings (SSSR count). The van der Waals surface area contributed by atoms with Gasteiger partial charge >= 0.3 is 58.4 Å². The molecule has 0 aliphatic carbocycles. The number of rotatable bonds is 2. The Kier molecular flexibility index (Phi) is 6.07. The van der Waals surface area contributed by atoms with E-state index in [2.05, 4.69) is 0 Å². The van der Waals surface area contributed by atoms with Crippen LogP contribution in [-0.2, 0) is 0 Å². The molecular formula is C9H10BF4K. The molecule has 0 aliphatic rings. The van der Waals surface area contributed by atoms with Crippen LogP contribution in [0.3, 0.4) is 0 Å². The quantitative estimate of drug-likeness (QED) is 0.507. The molecule has 0 heterocycles. The van der Waals surface area contributed by atoms with Crippen LogP contribution in [0.4, 0.5) is 17.3 Å². The molecule has 6 heteroatoms. The van der Waals surface area contributed by atoms with Crippen molar-refractivity contribution >= 4 is 12.4 Å². The van der Waals surface area contributed by atoms with Crippen LogP contribution >= 0.6 is 0 Å². The van der Waals surface area contributed by atoms with Crippen molar-refractivity contribution in [1.29, 1.82) is 0 Å². The Labute approximate surface area is 129 Å². The Morgan fingerprint density at radius 1 is 1.13 bits per heavy atom. The fourth-order valence-corrected chi connectivity index (χ4v) is 1.40. The Morgan fingerprint density at radius 2 is 1.67 bits per heavy atom. The van der Waals surface area contributed by atoms with Gasteiger partial charge in [0, 0.05) is 0 Å². The maximum absolute atomic E-state index is 13.0. The molecule has 0 aromatic heterocycles. The fraction of sp³-hybridized carbons (Fsp3) is 0.333. The van der Waals surface area contributed by atoms with Crippen LogP contribution in [0.2, 0.25) is 0 Å². The van der Waals surface area contributed by atoms with Gasteiger partial charge in [0.2, 0.25) is 0 Å². The number of hydrogen-bond donors (Lipinski definition) is 0.